The van der Waals surface area contributed by atoms with Gasteiger partial charge in [-0.25, -0.2) is 8.42 Å². The highest BCUT2D eigenvalue weighted by atomic mass is 35.5. The molecule has 1 aromatic carbocycles. The van der Waals surface area contributed by atoms with Crippen molar-refractivity contribution in [2.45, 2.75) is 6.54 Å². The Bertz CT molecular complexity index is 838. The molecule has 0 aliphatic carbocycles. The number of nitrogens with one attached hydrogen (secondary N) is 1. The minimum Gasteiger partial charge on any atom is -0.467 e. The summed E-state index contributed by atoms with van der Waals surface area (Å²) in [5, 5.41) is 2.93. The van der Waals surface area contributed by atoms with Gasteiger partial charge in [0.1, 0.15) is 12.3 Å². The van der Waals surface area contributed by atoms with Crippen LogP contribution in [-0.4, -0.2) is 27.1 Å². The molecule has 0 unspecified atom stereocenters. The monoisotopic (exact) mass is 410 g/mol. The summed E-state index contributed by atoms with van der Waals surface area (Å²) in [6.45, 7) is -0.324. The number of hydrogen-bond acceptors (Lipinski definition) is 4. The molecular weight excluding hydrogens is 399 g/mol. The van der Waals surface area contributed by atoms with Crippen LogP contribution in [0.15, 0.2) is 34.9 Å². The van der Waals surface area contributed by atoms with Crippen molar-refractivity contribution < 1.29 is 17.6 Å². The second-order valence-corrected chi connectivity index (χ2v) is 7.97. The number of rotatable bonds is 6. The van der Waals surface area contributed by atoms with Gasteiger partial charge in [0.05, 0.1) is 39.8 Å². The molecule has 6 nitrogen and oxygen atoms in total. The van der Waals surface area contributed by atoms with Gasteiger partial charge in [-0.05, 0) is 24.3 Å². The zero-order valence-corrected chi connectivity index (χ0v) is 15.5. The molecule has 0 aliphatic heterocycles. The zero-order chi connectivity index (χ0) is 17.9. The summed E-state index contributed by atoms with van der Waals surface area (Å²) in [5.74, 6) is 0.0146. The molecule has 0 saturated carbocycles. The Hall–Kier alpha value is -1.41. The molecule has 1 heterocycles. The Balaban J connectivity index is 2.20. The number of anilines is 1. The van der Waals surface area contributed by atoms with Crippen LogP contribution in [-0.2, 0) is 21.4 Å². The molecule has 1 aromatic heterocycles. The second kappa shape index (κ2) is 7.65. The predicted octanol–water partition coefficient (Wildman–Crippen LogP) is 3.32. The van der Waals surface area contributed by atoms with Crippen molar-refractivity contribution in [1.29, 1.82) is 0 Å². The van der Waals surface area contributed by atoms with Gasteiger partial charge < -0.3 is 9.73 Å². The molecule has 0 saturated heterocycles. The summed E-state index contributed by atoms with van der Waals surface area (Å²) in [4.78, 5) is 12.1. The fraction of sp³-hybridized carbons (Fsp3) is 0.214. The van der Waals surface area contributed by atoms with E-state index in [0.29, 0.717) is 5.76 Å². The van der Waals surface area contributed by atoms with E-state index < -0.39 is 22.5 Å². The van der Waals surface area contributed by atoms with Gasteiger partial charge in [-0.15, -0.1) is 0 Å². The van der Waals surface area contributed by atoms with E-state index in [2.05, 4.69) is 5.32 Å². The van der Waals surface area contributed by atoms with Crippen molar-refractivity contribution in [2.24, 2.45) is 0 Å². The molecule has 0 aliphatic rings. The highest BCUT2D eigenvalue weighted by molar-refractivity contribution is 7.92. The standard InChI is InChI=1S/C14H13Cl3N2O4S/c1-24(21,22)19(13-6-11(16)10(15)5-12(13)17)8-14(20)18-7-9-3-2-4-23-9/h2-6H,7-8H2,1H3,(H,18,20). The van der Waals surface area contributed by atoms with Gasteiger partial charge in [-0.3, -0.25) is 9.10 Å². The lowest BCUT2D eigenvalue weighted by atomic mass is 10.3. The molecule has 2 aromatic rings. The fourth-order valence-electron chi connectivity index (χ4n) is 1.87. The number of amides is 1. The molecule has 0 atom stereocenters. The van der Waals surface area contributed by atoms with Crippen LogP contribution < -0.4 is 9.62 Å². The van der Waals surface area contributed by atoms with E-state index in [1.165, 1.54) is 18.4 Å². The fourth-order valence-corrected chi connectivity index (χ4v) is 3.42. The third-order valence-electron chi connectivity index (χ3n) is 2.99. The zero-order valence-electron chi connectivity index (χ0n) is 12.4. The van der Waals surface area contributed by atoms with Crippen molar-refractivity contribution in [2.75, 3.05) is 17.1 Å². The van der Waals surface area contributed by atoms with Gasteiger partial charge in [-0.1, -0.05) is 34.8 Å². The van der Waals surface area contributed by atoms with Gasteiger partial charge in [0, 0.05) is 0 Å². The third kappa shape index (κ3) is 4.80. The van der Waals surface area contributed by atoms with E-state index in [9.17, 15) is 13.2 Å². The molecule has 0 fully saturated rings. The van der Waals surface area contributed by atoms with Gasteiger partial charge in [0.15, 0.2) is 0 Å². The Morgan fingerprint density at radius 1 is 1.21 bits per heavy atom. The maximum absolute atomic E-state index is 12.1. The van der Waals surface area contributed by atoms with E-state index in [-0.39, 0.29) is 27.3 Å². The smallest absolute Gasteiger partial charge is 0.241 e. The van der Waals surface area contributed by atoms with E-state index in [0.717, 1.165) is 10.6 Å². The maximum atomic E-state index is 12.1. The van der Waals surface area contributed by atoms with Gasteiger partial charge >= 0.3 is 0 Å². The molecule has 0 spiro atoms. The van der Waals surface area contributed by atoms with Crippen LogP contribution >= 0.6 is 34.8 Å². The number of benzene rings is 1. The summed E-state index contributed by atoms with van der Waals surface area (Å²) >= 11 is 17.8. The molecule has 2 rings (SSSR count). The molecular formula is C14H13Cl3N2O4S. The first-order valence-electron chi connectivity index (χ1n) is 6.60. The van der Waals surface area contributed by atoms with Gasteiger partial charge in [-0.2, -0.15) is 0 Å². The van der Waals surface area contributed by atoms with Crippen LogP contribution in [0.4, 0.5) is 5.69 Å². The lowest BCUT2D eigenvalue weighted by molar-refractivity contribution is -0.119. The second-order valence-electron chi connectivity index (χ2n) is 4.84. The Labute approximate surface area is 154 Å². The van der Waals surface area contributed by atoms with Crippen molar-refractivity contribution in [3.8, 4) is 0 Å². The molecule has 0 bridgehead atoms. The molecule has 24 heavy (non-hydrogen) atoms. The average molecular weight is 412 g/mol. The quantitative estimate of drug-likeness (QED) is 0.740. The van der Waals surface area contributed by atoms with Crippen molar-refractivity contribution in [3.05, 3.63) is 51.4 Å². The van der Waals surface area contributed by atoms with Crippen LogP contribution in [0, 0.1) is 0 Å². The van der Waals surface area contributed by atoms with Crippen molar-refractivity contribution >= 4 is 56.4 Å². The third-order valence-corrected chi connectivity index (χ3v) is 5.14. The maximum Gasteiger partial charge on any atom is 0.241 e. The topological polar surface area (TPSA) is 79.6 Å². The largest absolute Gasteiger partial charge is 0.467 e. The van der Waals surface area contributed by atoms with E-state index >= 15 is 0 Å². The number of sulfonamides is 1. The van der Waals surface area contributed by atoms with Crippen LogP contribution in [0.5, 0.6) is 0 Å². The lowest BCUT2D eigenvalue weighted by Crippen LogP contribution is -2.40. The molecule has 0 radical (unpaired) electrons. The summed E-state index contributed by atoms with van der Waals surface area (Å²) in [6, 6.07) is 5.98. The normalized spacial score (nSPS) is 11.3. The molecule has 1 amide bonds. The Kier molecular flexibility index (Phi) is 6.03. The number of hydrogen-bond donors (Lipinski definition) is 1. The number of carbonyl (C=O) groups excluding carboxylic acids is 1. The first-order valence-corrected chi connectivity index (χ1v) is 9.58. The SMILES string of the molecule is CS(=O)(=O)N(CC(=O)NCc1ccco1)c1cc(Cl)c(Cl)cc1Cl. The number of halogens is 3. The lowest BCUT2D eigenvalue weighted by Gasteiger charge is -2.23. The summed E-state index contributed by atoms with van der Waals surface area (Å²) in [6.07, 6.45) is 2.44. The number of carbonyl (C=O) groups is 1. The Morgan fingerprint density at radius 3 is 2.46 bits per heavy atom. The minimum atomic E-state index is -3.77. The summed E-state index contributed by atoms with van der Waals surface area (Å²) in [7, 11) is -3.77. The Morgan fingerprint density at radius 2 is 1.88 bits per heavy atom. The predicted molar refractivity (Wildman–Crippen MR) is 94.2 cm³/mol. The van der Waals surface area contributed by atoms with Crippen molar-refractivity contribution in [3.63, 3.8) is 0 Å². The molecule has 1 N–H and O–H groups in total. The van der Waals surface area contributed by atoms with Crippen LogP contribution in [0.1, 0.15) is 5.76 Å². The van der Waals surface area contributed by atoms with Gasteiger partial charge in [0.2, 0.25) is 15.9 Å². The highest BCUT2D eigenvalue weighted by Gasteiger charge is 2.24. The van der Waals surface area contributed by atoms with Crippen molar-refractivity contribution in [1.82, 2.24) is 5.32 Å². The first kappa shape index (κ1) is 18.9. The van der Waals surface area contributed by atoms with Crippen LogP contribution in [0.2, 0.25) is 15.1 Å². The average Bonchev–Trinajstić information content (AvgIpc) is 2.99. The summed E-state index contributed by atoms with van der Waals surface area (Å²) in [5.41, 5.74) is 0.0710. The summed E-state index contributed by atoms with van der Waals surface area (Å²) < 4.78 is 30.0. The highest BCUT2D eigenvalue weighted by Crippen LogP contribution is 2.35. The first-order chi connectivity index (χ1) is 11.2. The van der Waals surface area contributed by atoms with E-state index in [1.54, 1.807) is 12.1 Å². The number of furan rings is 1. The number of nitrogens with zero attached hydrogens (tertiary/aromatic N) is 1. The van der Waals surface area contributed by atoms with E-state index in [1.807, 2.05) is 0 Å². The van der Waals surface area contributed by atoms with Crippen LogP contribution in [0.3, 0.4) is 0 Å². The molecule has 130 valence electrons. The van der Waals surface area contributed by atoms with Crippen LogP contribution in [0.25, 0.3) is 0 Å². The van der Waals surface area contributed by atoms with Gasteiger partial charge in [0.25, 0.3) is 0 Å². The minimum absolute atomic E-state index is 0.0636. The van der Waals surface area contributed by atoms with E-state index in [4.69, 9.17) is 39.2 Å². The molecule has 10 heteroatoms.